The molecule has 0 fully saturated rings. The number of nitrogens with one attached hydrogen (secondary N) is 1. The summed E-state index contributed by atoms with van der Waals surface area (Å²) < 4.78 is 23.1. The summed E-state index contributed by atoms with van der Waals surface area (Å²) >= 11 is 0. The van der Waals surface area contributed by atoms with E-state index in [1.54, 1.807) is 36.7 Å². The maximum Gasteiger partial charge on any atom is 0.259 e. The Kier molecular flexibility index (Phi) is 3.79. The Morgan fingerprint density at radius 3 is 2.22 bits per heavy atom. The van der Waals surface area contributed by atoms with Gasteiger partial charge in [-0.1, -0.05) is 12.1 Å². The van der Waals surface area contributed by atoms with Crippen molar-refractivity contribution in [2.45, 2.75) is 4.90 Å². The number of aromatic nitrogens is 3. The predicted octanol–water partition coefficient (Wildman–Crippen LogP) is 1.90. The van der Waals surface area contributed by atoms with E-state index >= 15 is 0 Å². The van der Waals surface area contributed by atoms with E-state index in [2.05, 4.69) is 15.0 Å². The molecule has 0 aliphatic heterocycles. The van der Waals surface area contributed by atoms with Crippen LogP contribution >= 0.6 is 0 Å². The van der Waals surface area contributed by atoms with Gasteiger partial charge in [0.2, 0.25) is 0 Å². The molecule has 6 nitrogen and oxygen atoms in total. The smallest absolute Gasteiger partial charge is 0.259 e. The topological polar surface area (TPSA) is 92.8 Å². The van der Waals surface area contributed by atoms with E-state index in [1.165, 1.54) is 18.5 Å². The Bertz CT molecular complexity index is 995. The van der Waals surface area contributed by atoms with Crippen LogP contribution in [0, 0.1) is 0 Å². The zero-order valence-electron chi connectivity index (χ0n) is 12.2. The Hall–Kier alpha value is -2.80. The number of rotatable bonds is 3. The maximum absolute atomic E-state index is 12.3. The van der Waals surface area contributed by atoms with Crippen molar-refractivity contribution in [3.63, 3.8) is 0 Å². The monoisotopic (exact) mass is 327 g/mol. The van der Waals surface area contributed by atoms with Crippen molar-refractivity contribution in [2.75, 3.05) is 6.26 Å². The highest BCUT2D eigenvalue weighted by atomic mass is 32.2. The molecule has 116 valence electrons. The summed E-state index contributed by atoms with van der Waals surface area (Å²) in [5.74, 6) is 0. The molecule has 0 aliphatic carbocycles. The average molecular weight is 327 g/mol. The van der Waals surface area contributed by atoms with Gasteiger partial charge in [-0.15, -0.1) is 0 Å². The molecule has 0 saturated carbocycles. The second-order valence-corrected chi connectivity index (χ2v) is 7.00. The summed E-state index contributed by atoms with van der Waals surface area (Å²) in [4.78, 5) is 23.2. The van der Waals surface area contributed by atoms with Gasteiger partial charge in [0.1, 0.15) is 0 Å². The Morgan fingerprint density at radius 1 is 0.957 bits per heavy atom. The highest BCUT2D eigenvalue weighted by Crippen LogP contribution is 2.27. The highest BCUT2D eigenvalue weighted by molar-refractivity contribution is 7.90. The van der Waals surface area contributed by atoms with Crippen LogP contribution in [0.3, 0.4) is 0 Å². The van der Waals surface area contributed by atoms with Crippen LogP contribution in [0.25, 0.3) is 22.4 Å². The van der Waals surface area contributed by atoms with E-state index in [-0.39, 0.29) is 10.5 Å². The molecule has 0 atom stereocenters. The van der Waals surface area contributed by atoms with Gasteiger partial charge in [0.05, 0.1) is 22.5 Å². The molecule has 0 unspecified atom stereocenters. The fraction of sp³-hybridized carbons (Fsp3) is 0.0625. The number of sulfone groups is 1. The molecule has 0 bridgehead atoms. The van der Waals surface area contributed by atoms with Gasteiger partial charge in [-0.3, -0.25) is 9.78 Å². The van der Waals surface area contributed by atoms with Crippen molar-refractivity contribution in [3.05, 3.63) is 65.5 Å². The third-order valence-corrected chi connectivity index (χ3v) is 4.51. The second-order valence-electron chi connectivity index (χ2n) is 4.99. The summed E-state index contributed by atoms with van der Waals surface area (Å²) in [7, 11) is -3.28. The van der Waals surface area contributed by atoms with Crippen molar-refractivity contribution >= 4 is 9.84 Å². The first-order valence-corrected chi connectivity index (χ1v) is 8.64. The summed E-state index contributed by atoms with van der Waals surface area (Å²) in [6.45, 7) is 0. The van der Waals surface area contributed by atoms with Gasteiger partial charge in [-0.05, 0) is 29.8 Å². The summed E-state index contributed by atoms with van der Waals surface area (Å²) in [5, 5.41) is 0. The van der Waals surface area contributed by atoms with E-state index in [4.69, 9.17) is 0 Å². The van der Waals surface area contributed by atoms with Crippen LogP contribution in [-0.4, -0.2) is 29.6 Å². The van der Waals surface area contributed by atoms with Gasteiger partial charge in [-0.2, -0.15) is 0 Å². The van der Waals surface area contributed by atoms with Crippen LogP contribution in [0.1, 0.15) is 0 Å². The average Bonchev–Trinajstić information content (AvgIpc) is 2.55. The Morgan fingerprint density at radius 2 is 1.61 bits per heavy atom. The van der Waals surface area contributed by atoms with Crippen LogP contribution in [-0.2, 0) is 9.84 Å². The quantitative estimate of drug-likeness (QED) is 0.793. The lowest BCUT2D eigenvalue weighted by molar-refractivity contribution is 0.602. The third-order valence-electron chi connectivity index (χ3n) is 3.38. The number of hydrogen-bond acceptors (Lipinski definition) is 5. The molecule has 23 heavy (non-hydrogen) atoms. The van der Waals surface area contributed by atoms with Gasteiger partial charge < -0.3 is 4.98 Å². The standard InChI is InChI=1S/C16H13N3O3S/c1-23(21,22)13-4-2-11(3-5-13)14-15(18-10-19-16(14)20)12-6-8-17-9-7-12/h2-10H,1H3,(H,18,19,20). The lowest BCUT2D eigenvalue weighted by Gasteiger charge is -2.08. The van der Waals surface area contributed by atoms with E-state index in [0.29, 0.717) is 16.8 Å². The van der Waals surface area contributed by atoms with Crippen LogP contribution < -0.4 is 5.56 Å². The van der Waals surface area contributed by atoms with Gasteiger partial charge in [-0.25, -0.2) is 13.4 Å². The van der Waals surface area contributed by atoms with Crippen LogP contribution in [0.5, 0.6) is 0 Å². The molecule has 1 aromatic carbocycles. The van der Waals surface area contributed by atoms with Crippen molar-refractivity contribution in [1.82, 2.24) is 15.0 Å². The summed E-state index contributed by atoms with van der Waals surface area (Å²) in [6, 6.07) is 9.69. The third kappa shape index (κ3) is 3.04. The van der Waals surface area contributed by atoms with Crippen LogP contribution in [0.2, 0.25) is 0 Å². The molecule has 0 saturated heterocycles. The molecule has 0 radical (unpaired) electrons. The van der Waals surface area contributed by atoms with Crippen molar-refractivity contribution < 1.29 is 8.42 Å². The van der Waals surface area contributed by atoms with Crippen molar-refractivity contribution in [2.24, 2.45) is 0 Å². The molecular weight excluding hydrogens is 314 g/mol. The number of benzene rings is 1. The zero-order chi connectivity index (χ0) is 16.4. The van der Waals surface area contributed by atoms with Gasteiger partial charge in [0.25, 0.3) is 5.56 Å². The lowest BCUT2D eigenvalue weighted by Crippen LogP contribution is -2.11. The van der Waals surface area contributed by atoms with Gasteiger partial charge in [0, 0.05) is 24.2 Å². The molecule has 3 aromatic rings. The number of H-pyrrole nitrogens is 1. The first-order chi connectivity index (χ1) is 11.0. The molecule has 2 heterocycles. The first kappa shape index (κ1) is 15.1. The van der Waals surface area contributed by atoms with E-state index in [1.807, 2.05) is 0 Å². The number of nitrogens with zero attached hydrogens (tertiary/aromatic N) is 2. The van der Waals surface area contributed by atoms with Crippen molar-refractivity contribution in [3.8, 4) is 22.4 Å². The molecule has 3 rings (SSSR count). The molecule has 7 heteroatoms. The molecular formula is C16H13N3O3S. The van der Waals surface area contributed by atoms with Crippen LogP contribution in [0.15, 0.2) is 64.8 Å². The van der Waals surface area contributed by atoms with E-state index in [0.717, 1.165) is 11.8 Å². The minimum absolute atomic E-state index is 0.201. The number of hydrogen-bond donors (Lipinski definition) is 1. The lowest BCUT2D eigenvalue weighted by atomic mass is 10.0. The minimum Gasteiger partial charge on any atom is -0.313 e. The Balaban J connectivity index is 2.19. The first-order valence-electron chi connectivity index (χ1n) is 6.75. The normalized spacial score (nSPS) is 11.3. The number of aromatic amines is 1. The van der Waals surface area contributed by atoms with Gasteiger partial charge >= 0.3 is 0 Å². The largest absolute Gasteiger partial charge is 0.313 e. The number of pyridine rings is 1. The SMILES string of the molecule is CS(=O)(=O)c1ccc(-c2c(-c3ccncc3)nc[nH]c2=O)cc1. The molecule has 1 N–H and O–H groups in total. The fourth-order valence-corrected chi connectivity index (χ4v) is 2.90. The molecule has 2 aromatic heterocycles. The van der Waals surface area contributed by atoms with Crippen molar-refractivity contribution in [1.29, 1.82) is 0 Å². The highest BCUT2D eigenvalue weighted by Gasteiger charge is 2.14. The minimum atomic E-state index is -3.28. The van der Waals surface area contributed by atoms with E-state index < -0.39 is 9.84 Å². The van der Waals surface area contributed by atoms with E-state index in [9.17, 15) is 13.2 Å². The predicted molar refractivity (Wildman–Crippen MR) is 86.6 cm³/mol. The maximum atomic E-state index is 12.3. The molecule has 0 aliphatic rings. The molecule has 0 spiro atoms. The second kappa shape index (κ2) is 5.77. The summed E-state index contributed by atoms with van der Waals surface area (Å²) in [6.07, 6.45) is 5.72. The Labute approximate surface area is 132 Å². The van der Waals surface area contributed by atoms with Gasteiger partial charge in [0.15, 0.2) is 9.84 Å². The molecule has 0 amide bonds. The summed E-state index contributed by atoms with van der Waals surface area (Å²) in [5.41, 5.74) is 1.97. The van der Waals surface area contributed by atoms with Crippen LogP contribution in [0.4, 0.5) is 0 Å². The zero-order valence-corrected chi connectivity index (χ0v) is 13.0. The fourth-order valence-electron chi connectivity index (χ4n) is 2.26.